The van der Waals surface area contributed by atoms with Crippen molar-refractivity contribution in [3.05, 3.63) is 71.3 Å². The van der Waals surface area contributed by atoms with Gasteiger partial charge in [0, 0.05) is 31.3 Å². The number of aromatic amines is 1. The van der Waals surface area contributed by atoms with Gasteiger partial charge in [-0.1, -0.05) is 18.2 Å². The zero-order valence-corrected chi connectivity index (χ0v) is 17.3. The van der Waals surface area contributed by atoms with Gasteiger partial charge in [0.1, 0.15) is 0 Å². The number of fused-ring (bicyclic) bond motifs is 2. The lowest BCUT2D eigenvalue weighted by Crippen LogP contribution is -2.36. The van der Waals surface area contributed by atoms with Crippen molar-refractivity contribution in [3.8, 4) is 0 Å². The minimum Gasteiger partial charge on any atom is -0.345 e. The minimum atomic E-state index is -3.11. The van der Waals surface area contributed by atoms with Crippen molar-refractivity contribution in [1.82, 2.24) is 19.3 Å². The molecule has 0 atom stereocenters. The van der Waals surface area contributed by atoms with Crippen molar-refractivity contribution in [1.29, 1.82) is 0 Å². The third-order valence-corrected chi connectivity index (χ3v) is 8.70. The Morgan fingerprint density at radius 2 is 1.97 bits per heavy atom. The summed E-state index contributed by atoms with van der Waals surface area (Å²) in [7, 11) is -3.11. The van der Waals surface area contributed by atoms with E-state index in [9.17, 15) is 8.42 Å². The molecule has 0 radical (unpaired) electrons. The van der Waals surface area contributed by atoms with Gasteiger partial charge in [-0.15, -0.1) is 0 Å². The van der Waals surface area contributed by atoms with Crippen LogP contribution in [0, 0.1) is 0 Å². The first kappa shape index (κ1) is 18.0. The standard InChI is InChI=1S/C23H22N4O2S/c28-30(29,18-2-3-18)27-9-7-15(8-10-27)17-11-20-19(4-6-21(20)24-13-17)16-1-5-22-23(12-16)26-14-25-22/h1,4-5,7,11-14,18H,2-3,6,8-10H2,(H,25,26). The molecule has 1 fully saturated rings. The van der Waals surface area contributed by atoms with Crippen LogP contribution in [-0.4, -0.2) is 46.0 Å². The number of pyridine rings is 1. The highest BCUT2D eigenvalue weighted by Gasteiger charge is 2.40. The molecule has 30 heavy (non-hydrogen) atoms. The number of nitrogens with one attached hydrogen (secondary N) is 1. The van der Waals surface area contributed by atoms with Gasteiger partial charge in [-0.3, -0.25) is 4.98 Å². The Labute approximate surface area is 175 Å². The zero-order valence-electron chi connectivity index (χ0n) is 16.5. The average molecular weight is 419 g/mol. The number of aromatic nitrogens is 3. The van der Waals surface area contributed by atoms with Crippen LogP contribution >= 0.6 is 0 Å². The van der Waals surface area contributed by atoms with Gasteiger partial charge in [0.25, 0.3) is 0 Å². The summed E-state index contributed by atoms with van der Waals surface area (Å²) in [6, 6.07) is 8.50. The largest absolute Gasteiger partial charge is 0.345 e. The highest BCUT2D eigenvalue weighted by molar-refractivity contribution is 7.90. The summed E-state index contributed by atoms with van der Waals surface area (Å²) in [6.45, 7) is 1.02. The Morgan fingerprint density at radius 1 is 1.07 bits per heavy atom. The van der Waals surface area contributed by atoms with Crippen LogP contribution in [0.4, 0.5) is 0 Å². The lowest BCUT2D eigenvalue weighted by atomic mass is 9.96. The smallest absolute Gasteiger partial charge is 0.217 e. The minimum absolute atomic E-state index is 0.144. The van der Waals surface area contributed by atoms with Crippen molar-refractivity contribution < 1.29 is 8.42 Å². The molecule has 6 rings (SSSR count). The van der Waals surface area contributed by atoms with Gasteiger partial charge in [-0.25, -0.2) is 13.4 Å². The molecule has 1 N–H and O–H groups in total. The summed E-state index contributed by atoms with van der Waals surface area (Å²) < 4.78 is 26.6. The maximum absolute atomic E-state index is 12.5. The number of nitrogens with zero attached hydrogens (tertiary/aromatic N) is 3. The van der Waals surface area contributed by atoms with Crippen molar-refractivity contribution >= 4 is 32.2 Å². The summed E-state index contributed by atoms with van der Waals surface area (Å²) in [5.41, 5.74) is 8.87. The number of hydrogen-bond acceptors (Lipinski definition) is 4. The van der Waals surface area contributed by atoms with Crippen LogP contribution in [0.1, 0.15) is 41.6 Å². The molecule has 0 unspecified atom stereocenters. The van der Waals surface area contributed by atoms with E-state index in [0.29, 0.717) is 13.1 Å². The van der Waals surface area contributed by atoms with Crippen molar-refractivity contribution in [2.45, 2.75) is 30.9 Å². The van der Waals surface area contributed by atoms with E-state index < -0.39 is 10.0 Å². The molecule has 0 bridgehead atoms. The van der Waals surface area contributed by atoms with Crippen LogP contribution in [0.3, 0.4) is 0 Å². The normalized spacial score (nSPS) is 19.6. The molecule has 3 aromatic rings. The van der Waals surface area contributed by atoms with Crippen LogP contribution in [0.25, 0.3) is 22.2 Å². The molecule has 2 aromatic heterocycles. The van der Waals surface area contributed by atoms with Gasteiger partial charge in [-0.2, -0.15) is 4.31 Å². The second-order valence-electron chi connectivity index (χ2n) is 8.26. The second kappa shape index (κ2) is 6.62. The van der Waals surface area contributed by atoms with Crippen molar-refractivity contribution in [2.75, 3.05) is 13.1 Å². The highest BCUT2D eigenvalue weighted by Crippen LogP contribution is 2.36. The molecule has 0 spiro atoms. The maximum Gasteiger partial charge on any atom is 0.217 e. The van der Waals surface area contributed by atoms with E-state index in [-0.39, 0.29) is 5.25 Å². The van der Waals surface area contributed by atoms with E-state index in [1.807, 2.05) is 12.3 Å². The number of hydrogen-bond donors (Lipinski definition) is 1. The maximum atomic E-state index is 12.5. The van der Waals surface area contributed by atoms with Crippen LogP contribution in [-0.2, 0) is 16.4 Å². The molecule has 1 saturated carbocycles. The molecule has 2 aliphatic carbocycles. The van der Waals surface area contributed by atoms with Crippen molar-refractivity contribution in [3.63, 3.8) is 0 Å². The number of benzene rings is 1. The topological polar surface area (TPSA) is 79.0 Å². The lowest BCUT2D eigenvalue weighted by molar-refractivity contribution is 0.440. The number of rotatable bonds is 4. The van der Waals surface area contributed by atoms with Gasteiger partial charge in [-0.05, 0) is 59.7 Å². The lowest BCUT2D eigenvalue weighted by Gasteiger charge is -2.26. The van der Waals surface area contributed by atoms with Crippen LogP contribution < -0.4 is 0 Å². The van der Waals surface area contributed by atoms with Crippen LogP contribution in [0.5, 0.6) is 0 Å². The van der Waals surface area contributed by atoms with Crippen molar-refractivity contribution in [2.24, 2.45) is 0 Å². The van der Waals surface area contributed by atoms with Gasteiger partial charge >= 0.3 is 0 Å². The molecule has 3 aliphatic rings. The SMILES string of the molecule is O=S(=O)(C1CC1)N1CC=C(c2cnc3c(c2)C(c2ccc4nc[nH]c4c2)=CC3)CC1. The first-order valence-corrected chi connectivity index (χ1v) is 11.9. The molecule has 152 valence electrons. The highest BCUT2D eigenvalue weighted by atomic mass is 32.2. The summed E-state index contributed by atoms with van der Waals surface area (Å²) in [5, 5.41) is -0.144. The summed E-state index contributed by atoms with van der Waals surface area (Å²) >= 11 is 0. The molecule has 1 aliphatic heterocycles. The third-order valence-electron chi connectivity index (χ3n) is 6.34. The fourth-order valence-corrected chi connectivity index (χ4v) is 6.25. The molecular weight excluding hydrogens is 396 g/mol. The van der Waals surface area contributed by atoms with Crippen LogP contribution in [0.2, 0.25) is 0 Å². The van der Waals surface area contributed by atoms with Gasteiger partial charge in [0.15, 0.2) is 0 Å². The fourth-order valence-electron chi connectivity index (χ4n) is 4.47. The second-order valence-corrected chi connectivity index (χ2v) is 10.5. The quantitative estimate of drug-likeness (QED) is 0.703. The average Bonchev–Trinajstić information content (AvgIpc) is 3.40. The molecule has 3 heterocycles. The number of sulfonamides is 1. The fraction of sp³-hybridized carbons (Fsp3) is 0.304. The molecule has 0 amide bonds. The predicted molar refractivity (Wildman–Crippen MR) is 117 cm³/mol. The number of allylic oxidation sites excluding steroid dienone is 1. The first-order chi connectivity index (χ1) is 14.6. The Bertz CT molecular complexity index is 1330. The summed E-state index contributed by atoms with van der Waals surface area (Å²) in [4.78, 5) is 12.2. The van der Waals surface area contributed by atoms with E-state index in [2.05, 4.69) is 40.3 Å². The van der Waals surface area contributed by atoms with Gasteiger partial charge in [0.05, 0.1) is 28.3 Å². The summed E-state index contributed by atoms with van der Waals surface area (Å²) in [5.74, 6) is 0. The third kappa shape index (κ3) is 2.92. The van der Waals surface area contributed by atoms with Gasteiger partial charge < -0.3 is 4.98 Å². The van der Waals surface area contributed by atoms with E-state index in [0.717, 1.165) is 53.5 Å². The summed E-state index contributed by atoms with van der Waals surface area (Å²) in [6.07, 6.45) is 11.1. The Morgan fingerprint density at radius 3 is 2.77 bits per heavy atom. The van der Waals surface area contributed by atoms with Gasteiger partial charge in [0.2, 0.25) is 10.0 Å². The Kier molecular flexibility index (Phi) is 3.98. The number of imidazole rings is 1. The predicted octanol–water partition coefficient (Wildman–Crippen LogP) is 3.53. The van der Waals surface area contributed by atoms with Crippen LogP contribution in [0.15, 0.2) is 48.9 Å². The van der Waals surface area contributed by atoms with E-state index in [4.69, 9.17) is 4.98 Å². The Hall–Kier alpha value is -2.77. The zero-order chi connectivity index (χ0) is 20.3. The van der Waals surface area contributed by atoms with E-state index in [1.54, 1.807) is 10.6 Å². The van der Waals surface area contributed by atoms with E-state index >= 15 is 0 Å². The number of H-pyrrole nitrogens is 1. The molecule has 7 heteroatoms. The first-order valence-electron chi connectivity index (χ1n) is 10.4. The monoisotopic (exact) mass is 418 g/mol. The Balaban J connectivity index is 1.30. The molecule has 0 saturated heterocycles. The molecule has 6 nitrogen and oxygen atoms in total. The molecular formula is C23H22N4O2S. The molecule has 1 aromatic carbocycles. The van der Waals surface area contributed by atoms with E-state index in [1.165, 1.54) is 16.7 Å².